The minimum Gasteiger partial charge on any atom is -0.756 e. The van der Waals surface area contributed by atoms with E-state index >= 15 is 0 Å². The van der Waals surface area contributed by atoms with Gasteiger partial charge in [0.2, 0.25) is 0 Å². The average molecular weight is 950 g/mol. The molecule has 0 bridgehead atoms. The first-order chi connectivity index (χ1) is 32.6. The molecule has 0 aromatic heterocycles. The standard InChI is InChI=1S/C58H96NO7P/c1-6-8-10-12-14-16-18-20-22-24-26-27-28-29-30-31-32-34-36-38-40-42-44-46-48-50-53-63-55-57(56-65-67(61,62)64-54-52-59(3,4)5)66-58(60)51-49-47-45-43-41-39-37-35-33-25-23-21-19-17-15-13-11-9-7-2/h8-11,14-17,20-23,26-27,29-30,32-35,38,40,57H,6-7,12-13,18-19,24-25,28,31,36-37,39,41-56H2,1-5H3/b10-8-,11-9-,16-14-,17-15-,22-20-,23-21-,27-26-,30-29-,34-32-,35-33-,40-38-. The number of ether oxygens (including phenoxy) is 2. The van der Waals surface area contributed by atoms with Crippen molar-refractivity contribution in [3.63, 3.8) is 0 Å². The molecule has 2 unspecified atom stereocenters. The van der Waals surface area contributed by atoms with Crippen LogP contribution in [0.2, 0.25) is 0 Å². The average Bonchev–Trinajstić information content (AvgIpc) is 3.29. The van der Waals surface area contributed by atoms with Crippen LogP contribution in [-0.2, 0) is 27.9 Å². The Morgan fingerprint density at radius 1 is 0.463 bits per heavy atom. The van der Waals surface area contributed by atoms with Crippen molar-refractivity contribution < 1.29 is 37.3 Å². The number of rotatable bonds is 46. The third-order valence-electron chi connectivity index (χ3n) is 10.2. The summed E-state index contributed by atoms with van der Waals surface area (Å²) in [6.07, 6.45) is 71.9. The zero-order chi connectivity index (χ0) is 49.0. The maximum absolute atomic E-state index is 12.8. The number of unbranched alkanes of at least 4 members (excludes halogenated alkanes) is 10. The number of phosphoric ester groups is 1. The molecule has 0 N–H and O–H groups in total. The van der Waals surface area contributed by atoms with Gasteiger partial charge >= 0.3 is 5.97 Å². The van der Waals surface area contributed by atoms with E-state index in [-0.39, 0.29) is 32.2 Å². The van der Waals surface area contributed by atoms with Gasteiger partial charge in [-0.3, -0.25) is 9.36 Å². The molecule has 9 heteroatoms. The van der Waals surface area contributed by atoms with Crippen LogP contribution in [0.15, 0.2) is 134 Å². The van der Waals surface area contributed by atoms with E-state index in [9.17, 15) is 14.3 Å². The molecule has 0 saturated carbocycles. The predicted octanol–water partition coefficient (Wildman–Crippen LogP) is 15.6. The van der Waals surface area contributed by atoms with Crippen LogP contribution in [0.1, 0.15) is 168 Å². The maximum Gasteiger partial charge on any atom is 0.306 e. The van der Waals surface area contributed by atoms with Gasteiger partial charge in [0.15, 0.2) is 0 Å². The molecule has 0 saturated heterocycles. The number of phosphoric acid groups is 1. The second-order valence-electron chi connectivity index (χ2n) is 17.8. The fraction of sp³-hybridized carbons (Fsp3) is 0.603. The highest BCUT2D eigenvalue weighted by Crippen LogP contribution is 2.38. The van der Waals surface area contributed by atoms with Crippen molar-refractivity contribution in [1.29, 1.82) is 0 Å². The molecule has 0 rings (SSSR count). The van der Waals surface area contributed by atoms with E-state index in [0.29, 0.717) is 17.6 Å². The Morgan fingerprint density at radius 2 is 0.821 bits per heavy atom. The second-order valence-corrected chi connectivity index (χ2v) is 19.2. The van der Waals surface area contributed by atoms with Gasteiger partial charge in [-0.1, -0.05) is 186 Å². The summed E-state index contributed by atoms with van der Waals surface area (Å²) in [4.78, 5) is 25.2. The summed E-state index contributed by atoms with van der Waals surface area (Å²) in [6.45, 7) is 5.06. The fourth-order valence-corrected chi connectivity index (χ4v) is 7.01. The Hall–Kier alpha value is -3.36. The topological polar surface area (TPSA) is 94.1 Å². The van der Waals surface area contributed by atoms with Crippen LogP contribution in [0.25, 0.3) is 0 Å². The van der Waals surface area contributed by atoms with Crippen molar-refractivity contribution in [2.24, 2.45) is 0 Å². The van der Waals surface area contributed by atoms with Gasteiger partial charge in [0.25, 0.3) is 7.82 Å². The number of nitrogens with zero attached hydrogens (tertiary/aromatic N) is 1. The number of hydrogen-bond donors (Lipinski definition) is 0. The molecule has 0 spiro atoms. The Labute approximate surface area is 411 Å². The molecule has 8 nitrogen and oxygen atoms in total. The smallest absolute Gasteiger partial charge is 0.306 e. The Bertz CT molecular complexity index is 1520. The highest BCUT2D eigenvalue weighted by molar-refractivity contribution is 7.45. The van der Waals surface area contributed by atoms with E-state index in [1.165, 1.54) is 12.8 Å². The predicted molar refractivity (Wildman–Crippen MR) is 286 cm³/mol. The van der Waals surface area contributed by atoms with E-state index in [1.807, 2.05) is 21.1 Å². The van der Waals surface area contributed by atoms with Gasteiger partial charge in [-0.15, -0.1) is 0 Å². The molecule has 0 heterocycles. The summed E-state index contributed by atoms with van der Waals surface area (Å²) >= 11 is 0. The Kier molecular flexibility index (Phi) is 46.6. The first kappa shape index (κ1) is 63.6. The fourth-order valence-electron chi connectivity index (χ4n) is 6.28. The first-order valence-electron chi connectivity index (χ1n) is 25.9. The monoisotopic (exact) mass is 950 g/mol. The first-order valence-corrected chi connectivity index (χ1v) is 27.4. The van der Waals surface area contributed by atoms with Gasteiger partial charge < -0.3 is 27.9 Å². The van der Waals surface area contributed by atoms with Crippen molar-refractivity contribution in [3.05, 3.63) is 134 Å². The van der Waals surface area contributed by atoms with Crippen molar-refractivity contribution >= 4 is 13.8 Å². The molecule has 380 valence electrons. The van der Waals surface area contributed by atoms with Crippen LogP contribution < -0.4 is 4.89 Å². The molecule has 0 amide bonds. The molecule has 2 atom stereocenters. The molecule has 0 aliphatic carbocycles. The van der Waals surface area contributed by atoms with Crippen LogP contribution >= 0.6 is 7.82 Å². The zero-order valence-electron chi connectivity index (χ0n) is 43.0. The van der Waals surface area contributed by atoms with E-state index in [4.69, 9.17) is 18.5 Å². The summed E-state index contributed by atoms with van der Waals surface area (Å²) in [6, 6.07) is 0. The molecule has 0 radical (unpaired) electrons. The van der Waals surface area contributed by atoms with Crippen molar-refractivity contribution in [2.45, 2.75) is 174 Å². The quantitative estimate of drug-likeness (QED) is 0.0197. The van der Waals surface area contributed by atoms with Crippen LogP contribution in [0.4, 0.5) is 0 Å². The lowest BCUT2D eigenvalue weighted by Gasteiger charge is -2.28. The Morgan fingerprint density at radius 3 is 1.22 bits per heavy atom. The molecular weight excluding hydrogens is 854 g/mol. The molecule has 0 aromatic carbocycles. The van der Waals surface area contributed by atoms with Crippen molar-refractivity contribution in [1.82, 2.24) is 0 Å². The lowest BCUT2D eigenvalue weighted by atomic mass is 10.1. The SMILES string of the molecule is CC/C=C\C/C=C\C/C=C\C/C=C\C/C=C\C/C=C\C/C=C\CCCCCCOCC(COP(=O)([O-])OCC[N+](C)(C)C)OC(=O)CCCCCCCC/C=C\C/C=C\C/C=C\C/C=C\CC. The number of likely N-dealkylation sites (N-methyl/N-ethyl adjacent to an activating group) is 1. The normalized spacial score (nSPS) is 14.7. The van der Waals surface area contributed by atoms with E-state index in [0.717, 1.165) is 135 Å². The number of allylic oxidation sites excluding steroid dienone is 22. The highest BCUT2D eigenvalue weighted by Gasteiger charge is 2.20. The number of carbonyl (C=O) groups excluding carboxylic acids is 1. The van der Waals surface area contributed by atoms with Gasteiger partial charge in [0, 0.05) is 13.0 Å². The van der Waals surface area contributed by atoms with Crippen molar-refractivity contribution in [3.8, 4) is 0 Å². The molecular formula is C58H96NO7P. The zero-order valence-corrected chi connectivity index (χ0v) is 43.9. The minimum atomic E-state index is -4.56. The van der Waals surface area contributed by atoms with Gasteiger partial charge in [0.1, 0.15) is 19.3 Å². The molecule has 0 fully saturated rings. The van der Waals surface area contributed by atoms with Crippen LogP contribution in [0.5, 0.6) is 0 Å². The van der Waals surface area contributed by atoms with E-state index in [2.05, 4.69) is 148 Å². The summed E-state index contributed by atoms with van der Waals surface area (Å²) in [5.41, 5.74) is 0. The highest BCUT2D eigenvalue weighted by atomic mass is 31.2. The summed E-state index contributed by atoms with van der Waals surface area (Å²) in [5.74, 6) is -0.364. The number of quaternary nitrogens is 1. The Balaban J connectivity index is 4.27. The second kappa shape index (κ2) is 49.1. The number of esters is 1. The third kappa shape index (κ3) is 53.5. The minimum absolute atomic E-state index is 0.00886. The summed E-state index contributed by atoms with van der Waals surface area (Å²) in [5, 5.41) is 0. The van der Waals surface area contributed by atoms with E-state index in [1.54, 1.807) is 0 Å². The van der Waals surface area contributed by atoms with Gasteiger partial charge in [-0.05, 0) is 109 Å². The van der Waals surface area contributed by atoms with Gasteiger partial charge in [0.05, 0.1) is 34.4 Å². The molecule has 0 aliphatic heterocycles. The molecule has 67 heavy (non-hydrogen) atoms. The summed E-state index contributed by atoms with van der Waals surface area (Å²) in [7, 11) is 1.30. The van der Waals surface area contributed by atoms with Crippen LogP contribution in [0, 0.1) is 0 Å². The molecule has 0 aromatic rings. The van der Waals surface area contributed by atoms with Gasteiger partial charge in [-0.2, -0.15) is 0 Å². The lowest BCUT2D eigenvalue weighted by Crippen LogP contribution is -2.37. The number of hydrogen-bond acceptors (Lipinski definition) is 7. The summed E-state index contributed by atoms with van der Waals surface area (Å²) < 4.78 is 34.7. The van der Waals surface area contributed by atoms with Gasteiger partial charge in [-0.25, -0.2) is 0 Å². The number of carbonyl (C=O) groups is 1. The van der Waals surface area contributed by atoms with Crippen LogP contribution in [-0.4, -0.2) is 70.7 Å². The van der Waals surface area contributed by atoms with Crippen molar-refractivity contribution in [2.75, 3.05) is 54.1 Å². The lowest BCUT2D eigenvalue weighted by molar-refractivity contribution is -0.870. The third-order valence-corrected chi connectivity index (χ3v) is 11.2. The van der Waals surface area contributed by atoms with Crippen LogP contribution in [0.3, 0.4) is 0 Å². The largest absolute Gasteiger partial charge is 0.756 e. The molecule has 0 aliphatic rings. The van der Waals surface area contributed by atoms with E-state index < -0.39 is 13.9 Å². The maximum atomic E-state index is 12.8.